The van der Waals surface area contributed by atoms with Crippen molar-refractivity contribution in [1.82, 2.24) is 14.5 Å². The first-order valence-corrected chi connectivity index (χ1v) is 13.0. The molecule has 29 heavy (non-hydrogen) atoms. The minimum absolute atomic E-state index is 0.0825. The minimum Gasteiger partial charge on any atom is -0.376 e. The quantitative estimate of drug-likeness (QED) is 0.349. The number of fused-ring (bicyclic) bond motifs is 1. The van der Waals surface area contributed by atoms with E-state index in [0.29, 0.717) is 6.54 Å². The van der Waals surface area contributed by atoms with E-state index in [1.165, 1.54) is 9.88 Å². The molecule has 5 nitrogen and oxygen atoms in total. The van der Waals surface area contributed by atoms with Crippen LogP contribution in [-0.4, -0.2) is 27.2 Å². The molecule has 4 rings (SSSR count). The lowest BCUT2D eigenvalue weighted by Crippen LogP contribution is -2.29. The molecule has 3 aromatic rings. The summed E-state index contributed by atoms with van der Waals surface area (Å²) < 4.78 is 7.68. The van der Waals surface area contributed by atoms with Crippen molar-refractivity contribution in [3.05, 3.63) is 36.9 Å². The van der Waals surface area contributed by atoms with Crippen LogP contribution in [0.3, 0.4) is 0 Å². The van der Waals surface area contributed by atoms with Gasteiger partial charge >= 0.3 is 0 Å². The van der Waals surface area contributed by atoms with E-state index in [2.05, 4.69) is 26.2 Å². The van der Waals surface area contributed by atoms with Crippen LogP contribution < -0.4 is 5.56 Å². The largest absolute Gasteiger partial charge is 0.376 e. The minimum atomic E-state index is 0.0825. The Balaban J connectivity index is 1.68. The molecule has 0 aliphatic carbocycles. The molecule has 0 bridgehead atoms. The molecule has 1 aliphatic heterocycles. The van der Waals surface area contributed by atoms with Gasteiger partial charge in [-0.3, -0.25) is 9.36 Å². The Labute approximate surface area is 183 Å². The third-order valence-corrected chi connectivity index (χ3v) is 8.26. The maximum Gasteiger partial charge on any atom is 0.263 e. The number of aromatic nitrogens is 3. The number of ether oxygens (including phenoxy) is 1. The number of thioether (sulfide) groups is 1. The number of rotatable bonds is 8. The van der Waals surface area contributed by atoms with Crippen LogP contribution in [-0.2, 0) is 29.9 Å². The van der Waals surface area contributed by atoms with Gasteiger partial charge in [0.05, 0.1) is 28.7 Å². The summed E-state index contributed by atoms with van der Waals surface area (Å²) in [5.41, 5.74) is 2.29. The van der Waals surface area contributed by atoms with Crippen molar-refractivity contribution in [1.29, 1.82) is 0 Å². The fourth-order valence-electron chi connectivity index (χ4n) is 3.80. The van der Waals surface area contributed by atoms with Gasteiger partial charge in [-0.15, -0.1) is 22.7 Å². The van der Waals surface area contributed by atoms with Crippen molar-refractivity contribution in [2.24, 2.45) is 0 Å². The van der Waals surface area contributed by atoms with E-state index in [1.807, 2.05) is 4.57 Å². The Kier molecular flexibility index (Phi) is 6.73. The first-order chi connectivity index (χ1) is 14.1. The Bertz CT molecular complexity index is 1050. The summed E-state index contributed by atoms with van der Waals surface area (Å²) in [5.74, 6) is 0.731. The Morgan fingerprint density at radius 1 is 1.34 bits per heavy atom. The van der Waals surface area contributed by atoms with E-state index in [4.69, 9.17) is 14.7 Å². The van der Waals surface area contributed by atoms with Crippen molar-refractivity contribution in [3.63, 3.8) is 0 Å². The van der Waals surface area contributed by atoms with Crippen LogP contribution >= 0.6 is 34.4 Å². The summed E-state index contributed by atoms with van der Waals surface area (Å²) in [6.45, 7) is 7.74. The van der Waals surface area contributed by atoms with E-state index in [9.17, 15) is 4.79 Å². The van der Waals surface area contributed by atoms with Crippen molar-refractivity contribution < 1.29 is 4.74 Å². The lowest BCUT2D eigenvalue weighted by atomic mass is 10.1. The fourth-order valence-corrected chi connectivity index (χ4v) is 6.86. The maximum absolute atomic E-state index is 13.5. The van der Waals surface area contributed by atoms with Crippen molar-refractivity contribution >= 4 is 44.7 Å². The third kappa shape index (κ3) is 4.45. The molecule has 0 N–H and O–H groups in total. The van der Waals surface area contributed by atoms with Gasteiger partial charge in [0.1, 0.15) is 4.83 Å². The first-order valence-electron chi connectivity index (χ1n) is 10.3. The fraction of sp³-hybridized carbons (Fsp3) is 0.571. The van der Waals surface area contributed by atoms with Crippen LogP contribution in [0.25, 0.3) is 10.2 Å². The first kappa shape index (κ1) is 21.0. The SMILES string of the molecule is CCCc1nc(CSc2nc3sc(C)c(CC)c3c(=O)n2CC2CCCO2)cs1. The van der Waals surface area contributed by atoms with Gasteiger partial charge < -0.3 is 4.74 Å². The van der Waals surface area contributed by atoms with Gasteiger partial charge in [0.25, 0.3) is 5.56 Å². The second-order valence-electron chi connectivity index (χ2n) is 7.39. The Morgan fingerprint density at radius 3 is 2.93 bits per heavy atom. The lowest BCUT2D eigenvalue weighted by molar-refractivity contribution is 0.0937. The van der Waals surface area contributed by atoms with E-state index in [-0.39, 0.29) is 11.7 Å². The van der Waals surface area contributed by atoms with Crippen LogP contribution in [0.5, 0.6) is 0 Å². The monoisotopic (exact) mass is 449 g/mol. The summed E-state index contributed by atoms with van der Waals surface area (Å²) in [6, 6.07) is 0. The Morgan fingerprint density at radius 2 is 2.21 bits per heavy atom. The molecule has 156 valence electrons. The summed E-state index contributed by atoms with van der Waals surface area (Å²) in [7, 11) is 0. The normalized spacial score (nSPS) is 16.9. The van der Waals surface area contributed by atoms with Gasteiger partial charge in [0.15, 0.2) is 5.16 Å². The summed E-state index contributed by atoms with van der Waals surface area (Å²) >= 11 is 4.97. The molecule has 1 aliphatic rings. The zero-order valence-corrected chi connectivity index (χ0v) is 19.6. The van der Waals surface area contributed by atoms with Crippen molar-refractivity contribution in [2.45, 2.75) is 76.4 Å². The highest BCUT2D eigenvalue weighted by Gasteiger charge is 2.22. The van der Waals surface area contributed by atoms with Crippen LogP contribution in [0, 0.1) is 6.92 Å². The second-order valence-corrected chi connectivity index (χ2v) is 10.5. The number of hydrogen-bond acceptors (Lipinski definition) is 7. The highest BCUT2D eigenvalue weighted by atomic mass is 32.2. The van der Waals surface area contributed by atoms with Gasteiger partial charge in [-0.2, -0.15) is 0 Å². The molecule has 3 aromatic heterocycles. The molecular weight excluding hydrogens is 422 g/mol. The van der Waals surface area contributed by atoms with Crippen molar-refractivity contribution in [3.8, 4) is 0 Å². The molecule has 1 unspecified atom stereocenters. The highest BCUT2D eigenvalue weighted by Crippen LogP contribution is 2.31. The van der Waals surface area contributed by atoms with E-state index in [0.717, 1.165) is 71.1 Å². The van der Waals surface area contributed by atoms with E-state index in [1.54, 1.807) is 34.4 Å². The van der Waals surface area contributed by atoms with Crippen LogP contribution in [0.2, 0.25) is 0 Å². The molecular formula is C21H27N3O2S3. The molecule has 1 fully saturated rings. The van der Waals surface area contributed by atoms with Crippen molar-refractivity contribution in [2.75, 3.05) is 6.61 Å². The van der Waals surface area contributed by atoms with E-state index < -0.39 is 0 Å². The zero-order chi connectivity index (χ0) is 20.4. The molecule has 0 saturated carbocycles. The van der Waals surface area contributed by atoms with Crippen LogP contribution in [0.15, 0.2) is 15.3 Å². The Hall–Kier alpha value is -1.22. The molecule has 0 aromatic carbocycles. The molecule has 0 spiro atoms. The van der Waals surface area contributed by atoms with Crippen LogP contribution in [0.4, 0.5) is 0 Å². The summed E-state index contributed by atoms with van der Waals surface area (Å²) in [4.78, 5) is 25.2. The molecule has 8 heteroatoms. The van der Waals surface area contributed by atoms with Gasteiger partial charge in [-0.25, -0.2) is 9.97 Å². The number of thiophene rings is 1. The lowest BCUT2D eigenvalue weighted by Gasteiger charge is -2.15. The molecule has 0 radical (unpaired) electrons. The third-order valence-electron chi connectivity index (χ3n) is 5.25. The molecule has 4 heterocycles. The van der Waals surface area contributed by atoms with Gasteiger partial charge in [-0.05, 0) is 44.6 Å². The summed E-state index contributed by atoms with van der Waals surface area (Å²) in [5, 5.41) is 4.90. The molecule has 1 atom stereocenters. The number of nitrogens with zero attached hydrogens (tertiary/aromatic N) is 3. The zero-order valence-electron chi connectivity index (χ0n) is 17.2. The average molecular weight is 450 g/mol. The molecule has 1 saturated heterocycles. The number of hydrogen-bond donors (Lipinski definition) is 0. The predicted molar refractivity (Wildman–Crippen MR) is 123 cm³/mol. The van der Waals surface area contributed by atoms with Gasteiger partial charge in [0, 0.05) is 22.6 Å². The predicted octanol–water partition coefficient (Wildman–Crippen LogP) is 5.21. The topological polar surface area (TPSA) is 57.0 Å². The second kappa shape index (κ2) is 9.29. The molecule has 0 amide bonds. The number of aryl methyl sites for hydroxylation is 3. The average Bonchev–Trinajstić information content (AvgIpc) is 3.43. The highest BCUT2D eigenvalue weighted by molar-refractivity contribution is 7.98. The standard InChI is InChI=1S/C21H27N3O2S3/c1-4-7-17-22-14(11-27-17)12-28-21-23-19-18(16(5-2)13(3)29-19)20(25)24(21)10-15-8-6-9-26-15/h11,15H,4-10,12H2,1-3H3. The van der Waals surface area contributed by atoms with Crippen LogP contribution in [0.1, 0.15) is 54.3 Å². The smallest absolute Gasteiger partial charge is 0.263 e. The maximum atomic E-state index is 13.5. The van der Waals surface area contributed by atoms with Gasteiger partial charge in [-0.1, -0.05) is 25.6 Å². The number of thiazole rings is 1. The van der Waals surface area contributed by atoms with E-state index >= 15 is 0 Å². The van der Waals surface area contributed by atoms with Gasteiger partial charge in [0.2, 0.25) is 0 Å². The summed E-state index contributed by atoms with van der Waals surface area (Å²) in [6.07, 6.45) is 5.16.